The first-order valence-electron chi connectivity index (χ1n) is 4.67. The highest BCUT2D eigenvalue weighted by molar-refractivity contribution is 6.07. The van der Waals surface area contributed by atoms with Crippen molar-refractivity contribution in [3.8, 4) is 0 Å². The van der Waals surface area contributed by atoms with Crippen molar-refractivity contribution in [1.82, 2.24) is 0 Å². The standard InChI is InChI=1S/C11H11NO3/c1-12-9-5-3-2-4-7(9)6-8(10(12)13)11(14)15/h2-5,8H,6H2,1H3,(H,14,15)/p-1. The maximum Gasteiger partial charge on any atom is 0.235 e. The Labute approximate surface area is 87.1 Å². The average molecular weight is 204 g/mol. The Balaban J connectivity index is 2.45. The molecule has 0 saturated carbocycles. The van der Waals surface area contributed by atoms with E-state index in [1.807, 2.05) is 18.2 Å². The molecule has 1 amide bonds. The van der Waals surface area contributed by atoms with Crippen molar-refractivity contribution in [2.75, 3.05) is 11.9 Å². The minimum Gasteiger partial charge on any atom is -0.549 e. The molecule has 1 atom stereocenters. The lowest BCUT2D eigenvalue weighted by Gasteiger charge is -2.31. The van der Waals surface area contributed by atoms with Crippen LogP contribution in [0, 0.1) is 5.92 Å². The highest BCUT2D eigenvalue weighted by Gasteiger charge is 2.30. The van der Waals surface area contributed by atoms with Crippen LogP contribution in [0.3, 0.4) is 0 Å². The first kappa shape index (κ1) is 9.71. The van der Waals surface area contributed by atoms with E-state index in [2.05, 4.69) is 0 Å². The van der Waals surface area contributed by atoms with Crippen LogP contribution in [0.1, 0.15) is 5.56 Å². The van der Waals surface area contributed by atoms with E-state index in [-0.39, 0.29) is 6.42 Å². The third kappa shape index (κ3) is 1.48. The number of hydrogen-bond donors (Lipinski definition) is 0. The van der Waals surface area contributed by atoms with Gasteiger partial charge in [0.2, 0.25) is 5.91 Å². The topological polar surface area (TPSA) is 60.4 Å². The van der Waals surface area contributed by atoms with Crippen LogP contribution in [0.25, 0.3) is 0 Å². The number of rotatable bonds is 1. The number of aliphatic carboxylic acids is 1. The van der Waals surface area contributed by atoms with E-state index in [4.69, 9.17) is 0 Å². The molecule has 0 N–H and O–H groups in total. The van der Waals surface area contributed by atoms with E-state index in [0.717, 1.165) is 11.3 Å². The molecule has 1 unspecified atom stereocenters. The van der Waals surface area contributed by atoms with Crippen LogP contribution in [-0.2, 0) is 16.0 Å². The zero-order chi connectivity index (χ0) is 11.0. The zero-order valence-corrected chi connectivity index (χ0v) is 8.27. The van der Waals surface area contributed by atoms with E-state index in [0.29, 0.717) is 0 Å². The van der Waals surface area contributed by atoms with E-state index in [1.165, 1.54) is 4.90 Å². The number of benzene rings is 1. The third-order valence-corrected chi connectivity index (χ3v) is 2.69. The van der Waals surface area contributed by atoms with E-state index >= 15 is 0 Å². The lowest BCUT2D eigenvalue weighted by atomic mass is 9.92. The van der Waals surface area contributed by atoms with E-state index in [9.17, 15) is 14.7 Å². The van der Waals surface area contributed by atoms with Crippen molar-refractivity contribution >= 4 is 17.6 Å². The molecule has 1 heterocycles. The summed E-state index contributed by atoms with van der Waals surface area (Å²) in [5, 5.41) is 10.8. The minimum atomic E-state index is -1.30. The summed E-state index contributed by atoms with van der Waals surface area (Å²) in [6, 6.07) is 7.28. The van der Waals surface area contributed by atoms with Gasteiger partial charge >= 0.3 is 0 Å². The van der Waals surface area contributed by atoms with Crippen molar-refractivity contribution in [1.29, 1.82) is 0 Å². The third-order valence-electron chi connectivity index (χ3n) is 2.69. The van der Waals surface area contributed by atoms with Crippen LogP contribution in [0.4, 0.5) is 5.69 Å². The Morgan fingerprint density at radius 1 is 1.47 bits per heavy atom. The predicted octanol–water partition coefficient (Wildman–Crippen LogP) is -0.428. The summed E-state index contributed by atoms with van der Waals surface area (Å²) in [5.41, 5.74) is 1.65. The number of hydrogen-bond acceptors (Lipinski definition) is 3. The minimum absolute atomic E-state index is 0.224. The van der Waals surface area contributed by atoms with Crippen molar-refractivity contribution in [2.24, 2.45) is 5.92 Å². The van der Waals surface area contributed by atoms with E-state index in [1.54, 1.807) is 13.1 Å². The van der Waals surface area contributed by atoms with Crippen molar-refractivity contribution < 1.29 is 14.7 Å². The normalized spacial score (nSPS) is 19.9. The summed E-state index contributed by atoms with van der Waals surface area (Å²) in [4.78, 5) is 23.8. The van der Waals surface area contributed by atoms with Gasteiger partial charge in [-0.2, -0.15) is 0 Å². The maximum absolute atomic E-state index is 11.6. The molecule has 1 aromatic rings. The van der Waals surface area contributed by atoms with Crippen LogP contribution < -0.4 is 10.0 Å². The quantitative estimate of drug-likeness (QED) is 0.583. The first-order valence-corrected chi connectivity index (χ1v) is 4.67. The number of para-hydroxylation sites is 1. The van der Waals surface area contributed by atoms with Gasteiger partial charge in [-0.3, -0.25) is 4.79 Å². The zero-order valence-electron chi connectivity index (χ0n) is 8.27. The fraction of sp³-hybridized carbons (Fsp3) is 0.273. The molecule has 4 heteroatoms. The van der Waals surface area contributed by atoms with Gasteiger partial charge < -0.3 is 14.8 Å². The lowest BCUT2D eigenvalue weighted by molar-refractivity contribution is -0.310. The fourth-order valence-corrected chi connectivity index (χ4v) is 1.85. The molecule has 2 rings (SSSR count). The largest absolute Gasteiger partial charge is 0.549 e. The number of fused-ring (bicyclic) bond motifs is 1. The second-order valence-electron chi connectivity index (χ2n) is 3.60. The van der Waals surface area contributed by atoms with Crippen molar-refractivity contribution in [3.63, 3.8) is 0 Å². The van der Waals surface area contributed by atoms with Crippen LogP contribution in [0.15, 0.2) is 24.3 Å². The van der Waals surface area contributed by atoms with E-state index < -0.39 is 17.8 Å². The maximum atomic E-state index is 11.6. The summed E-state index contributed by atoms with van der Waals surface area (Å²) < 4.78 is 0. The molecule has 1 aromatic carbocycles. The lowest BCUT2D eigenvalue weighted by Crippen LogP contribution is -2.47. The number of carboxylic acid groups (broad SMARTS) is 1. The molecule has 0 radical (unpaired) electrons. The van der Waals surface area contributed by atoms with Gasteiger partial charge in [0.15, 0.2) is 0 Å². The van der Waals surface area contributed by atoms with Gasteiger partial charge in [0.05, 0.1) is 11.9 Å². The van der Waals surface area contributed by atoms with Gasteiger partial charge in [0, 0.05) is 12.7 Å². The number of carboxylic acids is 1. The van der Waals surface area contributed by atoms with Gasteiger partial charge in [0.25, 0.3) is 0 Å². The van der Waals surface area contributed by atoms with Crippen LogP contribution in [-0.4, -0.2) is 18.9 Å². The molecule has 0 aliphatic carbocycles. The molecule has 0 spiro atoms. The molecule has 78 valence electrons. The number of carbonyl (C=O) groups is 2. The predicted molar refractivity (Wildman–Crippen MR) is 52.1 cm³/mol. The summed E-state index contributed by atoms with van der Waals surface area (Å²) in [7, 11) is 1.58. The van der Waals surface area contributed by atoms with Crippen LogP contribution >= 0.6 is 0 Å². The summed E-state index contributed by atoms with van der Waals surface area (Å²) in [5.74, 6) is -2.76. The highest BCUT2D eigenvalue weighted by Crippen LogP contribution is 2.28. The summed E-state index contributed by atoms with van der Waals surface area (Å²) in [6.07, 6.45) is 0.224. The second-order valence-corrected chi connectivity index (χ2v) is 3.60. The SMILES string of the molecule is CN1C(=O)C(C(=O)[O-])Cc2ccccc21. The Kier molecular flexibility index (Phi) is 2.19. The average Bonchev–Trinajstić information content (AvgIpc) is 2.23. The van der Waals surface area contributed by atoms with Crippen LogP contribution in [0.5, 0.6) is 0 Å². The summed E-state index contributed by atoms with van der Waals surface area (Å²) >= 11 is 0. The molecule has 4 nitrogen and oxygen atoms in total. The van der Waals surface area contributed by atoms with Crippen molar-refractivity contribution in [3.05, 3.63) is 29.8 Å². The van der Waals surface area contributed by atoms with Gasteiger partial charge in [-0.25, -0.2) is 0 Å². The molecule has 0 bridgehead atoms. The van der Waals surface area contributed by atoms with Gasteiger partial charge in [-0.1, -0.05) is 18.2 Å². The molecular weight excluding hydrogens is 194 g/mol. The smallest absolute Gasteiger partial charge is 0.235 e. The second kappa shape index (κ2) is 3.38. The van der Waals surface area contributed by atoms with Gasteiger partial charge in [-0.15, -0.1) is 0 Å². The first-order chi connectivity index (χ1) is 7.11. The molecule has 0 fully saturated rings. The molecule has 15 heavy (non-hydrogen) atoms. The monoisotopic (exact) mass is 204 g/mol. The molecule has 0 aromatic heterocycles. The van der Waals surface area contributed by atoms with Gasteiger partial charge in [0.1, 0.15) is 0 Å². The number of nitrogens with zero attached hydrogens (tertiary/aromatic N) is 1. The van der Waals surface area contributed by atoms with Crippen LogP contribution in [0.2, 0.25) is 0 Å². The highest BCUT2D eigenvalue weighted by atomic mass is 16.4. The van der Waals surface area contributed by atoms with Crippen molar-refractivity contribution in [2.45, 2.75) is 6.42 Å². The number of carbonyl (C=O) groups excluding carboxylic acids is 2. The number of anilines is 1. The molecule has 1 aliphatic heterocycles. The fourth-order valence-electron chi connectivity index (χ4n) is 1.85. The molecular formula is C11H10NO3-. The number of amides is 1. The molecule has 1 aliphatic rings. The Bertz CT molecular complexity index is 428. The Hall–Kier alpha value is -1.84. The van der Waals surface area contributed by atoms with Gasteiger partial charge in [-0.05, 0) is 18.1 Å². The molecule has 0 saturated heterocycles. The summed E-state index contributed by atoms with van der Waals surface area (Å²) in [6.45, 7) is 0. The Morgan fingerprint density at radius 2 is 2.13 bits per heavy atom. The Morgan fingerprint density at radius 3 is 2.80 bits per heavy atom.